The van der Waals surface area contributed by atoms with Gasteiger partial charge in [0.2, 0.25) is 33.2 Å². The van der Waals surface area contributed by atoms with Gasteiger partial charge in [0.05, 0.1) is 12.0 Å². The van der Waals surface area contributed by atoms with Gasteiger partial charge in [-0.1, -0.05) is 115 Å². The summed E-state index contributed by atoms with van der Waals surface area (Å²) in [5.74, 6) is -3.03. The van der Waals surface area contributed by atoms with Crippen molar-refractivity contribution >= 4 is 117 Å². The van der Waals surface area contributed by atoms with E-state index in [-0.39, 0.29) is 65.6 Å². The minimum absolute atomic E-state index is 0.0768. The minimum atomic E-state index is -3.99. The molecule has 0 unspecified atom stereocenters. The van der Waals surface area contributed by atoms with Crippen molar-refractivity contribution in [2.24, 2.45) is 10.2 Å². The molecule has 10 rings (SSSR count). The number of nitrogens with one attached hydrogen (secondary N) is 7. The number of carbonyl (C=O) groups is 5. The number of anilines is 4. The Labute approximate surface area is 571 Å². The summed E-state index contributed by atoms with van der Waals surface area (Å²) < 4.78 is 34.1. The number of ketones is 2. The van der Waals surface area contributed by atoms with Crippen LogP contribution in [0.1, 0.15) is 86.8 Å². The monoisotopic (exact) mass is 1350 g/mol. The fourth-order valence-electron chi connectivity index (χ4n) is 11.7. The summed E-state index contributed by atoms with van der Waals surface area (Å²) in [6.07, 6.45) is 3.72. The second-order valence-corrected chi connectivity index (χ2v) is 26.1. The van der Waals surface area contributed by atoms with E-state index in [0.717, 1.165) is 58.2 Å². The lowest BCUT2D eigenvalue weighted by atomic mass is 9.99. The molecule has 0 spiro atoms. The van der Waals surface area contributed by atoms with Crippen LogP contribution < -0.4 is 56.4 Å². The smallest absolute Gasteiger partial charge is 0.377 e. The SMILES string of the molecule is CN(C)c1cccc2c(CCCCNC(=O)c3nc(C(=O)CCCNCc4cccc5c(N(C)C)cccc45)nnc3C(=O)NCCNS(=O)(=O)c3cccc4c(N(C)C)cccc34)cccc12.COC(=O)C1=NNC(C(=O)CCCNCc2cccc3c(N(C)C)cccc23)=NN1. The van der Waals surface area contributed by atoms with Gasteiger partial charge in [-0.25, -0.2) is 22.9 Å². The van der Waals surface area contributed by atoms with Gasteiger partial charge in [0.1, 0.15) is 0 Å². The number of hydrazone groups is 2. The Kier molecular flexibility index (Phi) is 24.9. The summed E-state index contributed by atoms with van der Waals surface area (Å²) in [6, 6.07) is 48.2. The summed E-state index contributed by atoms with van der Waals surface area (Å²) in [6.45, 7) is 2.54. The molecule has 1 aliphatic rings. The molecule has 24 nitrogen and oxygen atoms in total. The lowest BCUT2D eigenvalue weighted by molar-refractivity contribution is -0.133. The standard InChI is InChI=1S/C52H60N10O5S.C21H26N6O3/c1-60(2)43-25-11-19-37-35(17-9-21-39(37)43)16-7-8-31-54-51(64)48-49(52(65)55-32-33-56-68(66,67)47-29-14-23-41-42(47)24-13-27-45(41)62(5)6)58-59-50(57-48)46(63)28-15-30-53-34-36-18-10-22-40-38(36)20-12-26-44(40)61(3)4;1-27(2)17-10-5-8-15-14(7-4-9-16(15)17)13-22-12-6-11-18(28)19-23-25-20(26-24-19)21(29)30-3/h9-14,17-27,29,53,56H,7-8,15-16,28,30-34H2,1-6H3,(H,54,64)(H,55,65);4-5,7-10,22H,6,11-13H2,1-3H3,(H,23,24)(H,25,26). The Balaban J connectivity index is 0.000000311. The molecule has 25 heteroatoms. The number of methoxy groups -OCH3 is 1. The zero-order chi connectivity index (χ0) is 69.9. The highest BCUT2D eigenvalue weighted by molar-refractivity contribution is 7.89. The average molecular weight is 1350 g/mol. The van der Waals surface area contributed by atoms with Gasteiger partial charge >= 0.3 is 5.97 Å². The molecule has 1 aliphatic heterocycles. The van der Waals surface area contributed by atoms with Crippen molar-refractivity contribution in [2.75, 3.05) is 116 Å². The van der Waals surface area contributed by atoms with Crippen molar-refractivity contribution in [1.82, 2.24) is 52.0 Å². The molecule has 9 aromatic rings. The van der Waals surface area contributed by atoms with Gasteiger partial charge in [0, 0.05) is 152 Å². The molecule has 8 aromatic carbocycles. The summed E-state index contributed by atoms with van der Waals surface area (Å²) in [4.78, 5) is 77.0. The van der Waals surface area contributed by atoms with Crippen LogP contribution in [0.5, 0.6) is 0 Å². The Bertz CT molecular complexity index is 4560. The number of Topliss-reactive ketones (excluding diaryl/α,β-unsaturated/α-hetero) is 2. The quantitative estimate of drug-likeness (QED) is 0.0123. The van der Waals surface area contributed by atoms with Gasteiger partial charge in [0.15, 0.2) is 11.4 Å². The topological polar surface area (TPSA) is 289 Å². The highest BCUT2D eigenvalue weighted by Crippen LogP contribution is 2.33. The van der Waals surface area contributed by atoms with Gasteiger partial charge in [-0.3, -0.25) is 30.0 Å². The van der Waals surface area contributed by atoms with Crippen LogP contribution in [0.3, 0.4) is 0 Å². The predicted octanol–water partition coefficient (Wildman–Crippen LogP) is 8.08. The number of amides is 2. The predicted molar refractivity (Wildman–Crippen MR) is 390 cm³/mol. The number of carbonyl (C=O) groups excluding carboxylic acids is 5. The zero-order valence-corrected chi connectivity index (χ0v) is 57.8. The van der Waals surface area contributed by atoms with Crippen LogP contribution in [-0.2, 0) is 43.9 Å². The first-order chi connectivity index (χ1) is 47.3. The molecule has 0 saturated heterocycles. The third-order valence-electron chi connectivity index (χ3n) is 16.6. The number of rotatable bonds is 31. The second-order valence-electron chi connectivity index (χ2n) is 24.3. The van der Waals surface area contributed by atoms with Crippen molar-refractivity contribution in [3.8, 4) is 0 Å². The van der Waals surface area contributed by atoms with E-state index < -0.39 is 33.6 Å². The molecular weight excluding hydrogens is 1260 g/mol. The van der Waals surface area contributed by atoms with Crippen LogP contribution in [0.15, 0.2) is 161 Å². The van der Waals surface area contributed by atoms with Crippen molar-refractivity contribution in [1.29, 1.82) is 0 Å². The molecule has 0 radical (unpaired) electrons. The molecule has 7 N–H and O–H groups in total. The van der Waals surface area contributed by atoms with E-state index in [9.17, 15) is 32.4 Å². The molecule has 2 heterocycles. The zero-order valence-electron chi connectivity index (χ0n) is 57.0. The molecule has 0 aliphatic carbocycles. The van der Waals surface area contributed by atoms with Crippen molar-refractivity contribution in [2.45, 2.75) is 62.9 Å². The molecule has 98 heavy (non-hydrogen) atoms. The Hall–Kier alpha value is -10.5. The number of hydrogen-bond acceptors (Lipinski definition) is 21. The van der Waals surface area contributed by atoms with Gasteiger partial charge in [-0.15, -0.1) is 15.3 Å². The van der Waals surface area contributed by atoms with E-state index in [2.05, 4.69) is 179 Å². The first kappa shape index (κ1) is 71.8. The maximum atomic E-state index is 13.8. The maximum absolute atomic E-state index is 13.8. The van der Waals surface area contributed by atoms with Gasteiger partial charge < -0.3 is 45.6 Å². The number of sulfonamides is 1. The lowest BCUT2D eigenvalue weighted by Crippen LogP contribution is -2.41. The highest BCUT2D eigenvalue weighted by atomic mass is 32.2. The summed E-state index contributed by atoms with van der Waals surface area (Å²) in [5.41, 5.74) is 12.1. The molecule has 1 aromatic heterocycles. The number of hydrogen-bond donors (Lipinski definition) is 7. The third-order valence-corrected chi connectivity index (χ3v) is 18.1. The number of unbranched alkanes of at least 4 members (excludes halogenated alkanes) is 1. The third kappa shape index (κ3) is 17.9. The first-order valence-electron chi connectivity index (χ1n) is 32.5. The fourth-order valence-corrected chi connectivity index (χ4v) is 12.9. The number of aryl methyl sites for hydroxylation is 1. The van der Waals surface area contributed by atoms with Gasteiger partial charge in [-0.05, 0) is 108 Å². The molecular formula is C73H86N16O8S. The van der Waals surface area contributed by atoms with E-state index in [1.54, 1.807) is 18.2 Å². The van der Waals surface area contributed by atoms with Gasteiger partial charge in [0.25, 0.3) is 17.6 Å². The molecule has 512 valence electrons. The highest BCUT2D eigenvalue weighted by Gasteiger charge is 2.26. The van der Waals surface area contributed by atoms with Crippen LogP contribution in [0, 0.1) is 0 Å². The van der Waals surface area contributed by atoms with Crippen LogP contribution in [0.25, 0.3) is 43.1 Å². The molecule has 0 saturated carbocycles. The summed E-state index contributed by atoms with van der Waals surface area (Å²) >= 11 is 0. The number of aromatic nitrogens is 3. The average Bonchev–Trinajstić information content (AvgIpc) is 0.790. The number of ether oxygens (including phenoxy) is 1. The van der Waals surface area contributed by atoms with Crippen LogP contribution in [-0.4, -0.2) is 161 Å². The van der Waals surface area contributed by atoms with Crippen LogP contribution in [0.2, 0.25) is 0 Å². The fraction of sp³-hybridized carbons (Fsp3) is 0.315. The largest absolute Gasteiger partial charge is 0.463 e. The lowest BCUT2D eigenvalue weighted by Gasteiger charge is -2.17. The maximum Gasteiger partial charge on any atom is 0.377 e. The van der Waals surface area contributed by atoms with Crippen molar-refractivity contribution < 1.29 is 37.1 Å². The summed E-state index contributed by atoms with van der Waals surface area (Å²) in [5, 5.41) is 36.4. The molecule has 0 atom stereocenters. The number of benzene rings is 8. The second kappa shape index (κ2) is 34.0. The molecule has 0 fully saturated rings. The van der Waals surface area contributed by atoms with Gasteiger partial charge in [-0.2, -0.15) is 5.10 Å². The van der Waals surface area contributed by atoms with Crippen LogP contribution in [0.4, 0.5) is 22.7 Å². The number of amidine groups is 2. The Morgan fingerprint density at radius 1 is 0.439 bits per heavy atom. The number of fused-ring (bicyclic) bond motifs is 4. The Morgan fingerprint density at radius 2 is 0.867 bits per heavy atom. The molecule has 0 bridgehead atoms. The van der Waals surface area contributed by atoms with Crippen molar-refractivity contribution in [3.05, 3.63) is 179 Å². The normalized spacial score (nSPS) is 12.0. The summed E-state index contributed by atoms with van der Waals surface area (Å²) in [7, 11) is 13.2. The Morgan fingerprint density at radius 3 is 1.38 bits per heavy atom. The van der Waals surface area contributed by atoms with Crippen LogP contribution >= 0.6 is 0 Å². The number of nitrogens with zero attached hydrogens (tertiary/aromatic N) is 9. The van der Waals surface area contributed by atoms with Crippen molar-refractivity contribution in [3.63, 3.8) is 0 Å². The number of esters is 1. The minimum Gasteiger partial charge on any atom is -0.463 e. The molecule has 2 amide bonds. The van der Waals surface area contributed by atoms with E-state index >= 15 is 0 Å². The van der Waals surface area contributed by atoms with E-state index in [1.165, 1.54) is 51.5 Å². The van der Waals surface area contributed by atoms with E-state index in [0.29, 0.717) is 50.7 Å². The van der Waals surface area contributed by atoms with E-state index in [4.69, 9.17) is 0 Å². The first-order valence-corrected chi connectivity index (χ1v) is 34.0. The van der Waals surface area contributed by atoms with E-state index in [1.807, 2.05) is 85.5 Å².